The predicted molar refractivity (Wildman–Crippen MR) is 122 cm³/mol. The highest BCUT2D eigenvalue weighted by Gasteiger charge is 2.28. The molecule has 1 N–H and O–H groups in total. The summed E-state index contributed by atoms with van der Waals surface area (Å²) in [6.07, 6.45) is 6.97. The number of aromatic nitrogens is 1. The van der Waals surface area contributed by atoms with E-state index in [0.717, 1.165) is 36.1 Å². The highest BCUT2D eigenvalue weighted by molar-refractivity contribution is 7.17. The van der Waals surface area contributed by atoms with Gasteiger partial charge in [-0.3, -0.25) is 14.6 Å². The van der Waals surface area contributed by atoms with Gasteiger partial charge in [-0.1, -0.05) is 0 Å². The number of hydrogen-bond donors (Lipinski definition) is 1. The van der Waals surface area contributed by atoms with Gasteiger partial charge in [0.25, 0.3) is 11.8 Å². The molecule has 0 fully saturated rings. The fourth-order valence-corrected chi connectivity index (χ4v) is 4.95. The molecule has 6 nitrogen and oxygen atoms in total. The van der Waals surface area contributed by atoms with Gasteiger partial charge in [-0.15, -0.1) is 11.3 Å². The average molecular weight is 454 g/mol. The van der Waals surface area contributed by atoms with Crippen LogP contribution in [0.3, 0.4) is 0 Å². The van der Waals surface area contributed by atoms with Crippen molar-refractivity contribution in [2.45, 2.75) is 25.7 Å². The average Bonchev–Trinajstić information content (AvgIpc) is 3.18. The Morgan fingerprint density at radius 1 is 1.19 bits per heavy atom. The third kappa shape index (κ3) is 4.96. The van der Waals surface area contributed by atoms with Crippen molar-refractivity contribution >= 4 is 28.2 Å². The van der Waals surface area contributed by atoms with Crippen LogP contribution in [-0.2, 0) is 12.8 Å². The summed E-state index contributed by atoms with van der Waals surface area (Å²) in [5.74, 6) is -0.209. The summed E-state index contributed by atoms with van der Waals surface area (Å²) in [6.45, 7) is 0.633. The summed E-state index contributed by atoms with van der Waals surface area (Å²) in [5.41, 5.74) is 2.06. The van der Waals surface area contributed by atoms with Crippen LogP contribution in [0.25, 0.3) is 0 Å². The Kier molecular flexibility index (Phi) is 6.80. The van der Waals surface area contributed by atoms with Gasteiger partial charge in [0.15, 0.2) is 0 Å². The summed E-state index contributed by atoms with van der Waals surface area (Å²) in [5, 5.41) is 3.52. The molecule has 8 heteroatoms. The number of amides is 2. The van der Waals surface area contributed by atoms with Gasteiger partial charge in [0, 0.05) is 24.3 Å². The molecule has 2 amide bonds. The van der Waals surface area contributed by atoms with Crippen molar-refractivity contribution < 1.29 is 18.7 Å². The van der Waals surface area contributed by atoms with Crippen LogP contribution in [-0.4, -0.2) is 41.9 Å². The highest BCUT2D eigenvalue weighted by atomic mass is 32.1. The number of rotatable bonds is 7. The van der Waals surface area contributed by atoms with Gasteiger partial charge in [-0.25, -0.2) is 4.39 Å². The number of likely N-dealkylation sites (N-methyl/N-ethyl adjacent to an activating group) is 1. The molecule has 0 bridgehead atoms. The predicted octanol–water partition coefficient (Wildman–Crippen LogP) is 4.56. The lowest BCUT2D eigenvalue weighted by Crippen LogP contribution is -2.32. The zero-order valence-electron chi connectivity index (χ0n) is 17.8. The zero-order valence-corrected chi connectivity index (χ0v) is 18.6. The summed E-state index contributed by atoms with van der Waals surface area (Å²) in [6, 6.07) is 9.17. The van der Waals surface area contributed by atoms with E-state index in [2.05, 4.69) is 10.3 Å². The van der Waals surface area contributed by atoms with Gasteiger partial charge in [0.05, 0.1) is 17.7 Å². The molecule has 1 aliphatic carbocycles. The quantitative estimate of drug-likeness (QED) is 0.569. The number of nitrogens with one attached hydrogen (secondary N) is 1. The van der Waals surface area contributed by atoms with Crippen molar-refractivity contribution in [2.75, 3.05) is 25.5 Å². The van der Waals surface area contributed by atoms with E-state index < -0.39 is 0 Å². The molecule has 0 radical (unpaired) electrons. The second kappa shape index (κ2) is 9.91. The van der Waals surface area contributed by atoms with Crippen LogP contribution in [0.1, 0.15) is 44.0 Å². The molecule has 4 rings (SSSR count). The van der Waals surface area contributed by atoms with Crippen LogP contribution in [0.2, 0.25) is 0 Å². The van der Waals surface area contributed by atoms with E-state index in [4.69, 9.17) is 4.74 Å². The van der Waals surface area contributed by atoms with Crippen molar-refractivity contribution in [3.63, 3.8) is 0 Å². The Bertz CT molecular complexity index is 1100. The van der Waals surface area contributed by atoms with Crippen molar-refractivity contribution in [1.82, 2.24) is 9.88 Å². The number of fused-ring (bicyclic) bond motifs is 1. The second-order valence-electron chi connectivity index (χ2n) is 7.64. The molecule has 2 aromatic heterocycles. The molecule has 0 saturated heterocycles. The van der Waals surface area contributed by atoms with Crippen LogP contribution in [0, 0.1) is 5.82 Å². The number of anilines is 1. The van der Waals surface area contributed by atoms with Crippen LogP contribution in [0.15, 0.2) is 48.8 Å². The lowest BCUT2D eigenvalue weighted by Gasteiger charge is -2.20. The molecule has 3 aromatic rings. The minimum Gasteiger partial charge on any atom is -0.492 e. The molecular weight excluding hydrogens is 429 g/mol. The first kappa shape index (κ1) is 22.0. The van der Waals surface area contributed by atoms with E-state index in [0.29, 0.717) is 28.4 Å². The topological polar surface area (TPSA) is 71.5 Å². The number of pyridine rings is 1. The van der Waals surface area contributed by atoms with E-state index in [1.54, 1.807) is 42.4 Å². The summed E-state index contributed by atoms with van der Waals surface area (Å²) >= 11 is 1.49. The lowest BCUT2D eigenvalue weighted by atomic mass is 9.95. The first-order chi connectivity index (χ1) is 15.5. The van der Waals surface area contributed by atoms with E-state index in [-0.39, 0.29) is 24.2 Å². The van der Waals surface area contributed by atoms with Gasteiger partial charge in [0.1, 0.15) is 23.2 Å². The SMILES string of the molecule is CN(CCOc1ccc(F)cc1)C(=O)c1c(NC(=O)c2cccnc2)sc2c1CCCC2. The Morgan fingerprint density at radius 3 is 2.72 bits per heavy atom. The molecule has 2 heterocycles. The maximum absolute atomic E-state index is 13.4. The minimum atomic E-state index is -0.326. The number of carbonyl (C=O) groups excluding carboxylic acids is 2. The van der Waals surface area contributed by atoms with Gasteiger partial charge in [0.2, 0.25) is 0 Å². The van der Waals surface area contributed by atoms with E-state index in [1.807, 2.05) is 0 Å². The van der Waals surface area contributed by atoms with Gasteiger partial charge in [-0.05, 0) is 67.6 Å². The van der Waals surface area contributed by atoms with Crippen molar-refractivity contribution in [1.29, 1.82) is 0 Å². The largest absolute Gasteiger partial charge is 0.492 e. The van der Waals surface area contributed by atoms with Crippen LogP contribution >= 0.6 is 11.3 Å². The first-order valence-corrected chi connectivity index (χ1v) is 11.3. The third-order valence-electron chi connectivity index (χ3n) is 5.39. The van der Waals surface area contributed by atoms with Crippen molar-refractivity contribution in [2.24, 2.45) is 0 Å². The smallest absolute Gasteiger partial charge is 0.257 e. The van der Waals surface area contributed by atoms with Crippen LogP contribution < -0.4 is 10.1 Å². The summed E-state index contributed by atoms with van der Waals surface area (Å²) in [4.78, 5) is 32.8. The molecule has 0 aliphatic heterocycles. The molecule has 1 aliphatic rings. The Hall–Kier alpha value is -3.26. The Labute approximate surface area is 190 Å². The molecule has 1 aromatic carbocycles. The Morgan fingerprint density at radius 2 is 1.97 bits per heavy atom. The number of carbonyl (C=O) groups is 2. The third-order valence-corrected chi connectivity index (χ3v) is 6.60. The Balaban J connectivity index is 1.49. The number of thiophene rings is 1. The number of ether oxygens (including phenoxy) is 1. The van der Waals surface area contributed by atoms with Gasteiger partial charge >= 0.3 is 0 Å². The van der Waals surface area contributed by atoms with Crippen LogP contribution in [0.5, 0.6) is 5.75 Å². The number of nitrogens with zero attached hydrogens (tertiary/aromatic N) is 2. The maximum Gasteiger partial charge on any atom is 0.257 e. The maximum atomic E-state index is 13.4. The van der Waals surface area contributed by atoms with E-state index >= 15 is 0 Å². The highest BCUT2D eigenvalue weighted by Crippen LogP contribution is 2.39. The first-order valence-electron chi connectivity index (χ1n) is 10.5. The fourth-order valence-electron chi connectivity index (χ4n) is 3.68. The molecule has 0 spiro atoms. The standard InChI is InChI=1S/C24H24FN3O3S/c1-28(13-14-31-18-10-8-17(25)9-11-18)24(30)21-19-6-2-3-7-20(19)32-23(21)27-22(29)16-5-4-12-26-15-16/h4-5,8-12,15H,2-3,6-7,13-14H2,1H3,(H,27,29). The molecule has 166 valence electrons. The molecule has 32 heavy (non-hydrogen) atoms. The molecule has 0 atom stereocenters. The molecular formula is C24H24FN3O3S. The van der Waals surface area contributed by atoms with Crippen molar-refractivity contribution in [3.8, 4) is 5.75 Å². The number of benzene rings is 1. The van der Waals surface area contributed by atoms with Crippen LogP contribution in [0.4, 0.5) is 9.39 Å². The summed E-state index contributed by atoms with van der Waals surface area (Å²) < 4.78 is 18.7. The van der Waals surface area contributed by atoms with Crippen molar-refractivity contribution in [3.05, 3.63) is 76.2 Å². The number of hydrogen-bond acceptors (Lipinski definition) is 5. The minimum absolute atomic E-state index is 0.145. The molecule has 0 saturated carbocycles. The molecule has 0 unspecified atom stereocenters. The monoisotopic (exact) mass is 453 g/mol. The van der Waals surface area contributed by atoms with Gasteiger partial charge in [-0.2, -0.15) is 0 Å². The fraction of sp³-hybridized carbons (Fsp3) is 0.292. The number of aryl methyl sites for hydroxylation is 1. The van der Waals surface area contributed by atoms with Gasteiger partial charge < -0.3 is 15.0 Å². The van der Waals surface area contributed by atoms with E-state index in [9.17, 15) is 14.0 Å². The summed E-state index contributed by atoms with van der Waals surface area (Å²) in [7, 11) is 1.72. The number of halogens is 1. The lowest BCUT2D eigenvalue weighted by molar-refractivity contribution is 0.0774. The second-order valence-corrected chi connectivity index (χ2v) is 8.75. The normalized spacial score (nSPS) is 12.7. The van der Waals surface area contributed by atoms with E-state index in [1.165, 1.54) is 29.7 Å². The zero-order chi connectivity index (χ0) is 22.5.